The van der Waals surface area contributed by atoms with Crippen molar-refractivity contribution in [2.24, 2.45) is 0 Å². The van der Waals surface area contributed by atoms with Crippen molar-refractivity contribution in [2.45, 2.75) is 22.3 Å². The fourth-order valence-corrected chi connectivity index (χ4v) is 3.65. The number of rotatable bonds is 1. The molecule has 1 heterocycles. The summed E-state index contributed by atoms with van der Waals surface area (Å²) in [5.41, 5.74) is 2.90. The molecule has 0 saturated carbocycles. The Hall–Kier alpha value is -1.25. The summed E-state index contributed by atoms with van der Waals surface area (Å²) in [6.07, 6.45) is 1.09. The predicted octanol–water partition coefficient (Wildman–Crippen LogP) is 4.00. The first-order chi connectivity index (χ1) is 8.75. The van der Waals surface area contributed by atoms with Crippen molar-refractivity contribution in [3.05, 3.63) is 59.7 Å². The molecule has 1 aliphatic heterocycles. The first-order valence-electron chi connectivity index (χ1n) is 6.27. The minimum atomic E-state index is 0.470. The Kier molecular flexibility index (Phi) is 3.14. The number of fused-ring (bicyclic) bond motifs is 2. The van der Waals surface area contributed by atoms with Gasteiger partial charge in [0.05, 0.1) is 0 Å². The van der Waals surface area contributed by atoms with Gasteiger partial charge < -0.3 is 4.90 Å². The molecule has 0 amide bonds. The van der Waals surface area contributed by atoms with Crippen LogP contribution in [0.3, 0.4) is 0 Å². The first-order valence-corrected chi connectivity index (χ1v) is 7.08. The number of hydrogen-bond donors (Lipinski definition) is 0. The quantitative estimate of drug-likeness (QED) is 0.758. The molecule has 1 atom stereocenters. The Morgan fingerprint density at radius 3 is 2.39 bits per heavy atom. The third-order valence-corrected chi connectivity index (χ3v) is 4.72. The van der Waals surface area contributed by atoms with Crippen LogP contribution in [-0.4, -0.2) is 19.0 Å². The van der Waals surface area contributed by atoms with Gasteiger partial charge >= 0.3 is 0 Å². The van der Waals surface area contributed by atoms with E-state index in [2.05, 4.69) is 67.5 Å². The summed E-state index contributed by atoms with van der Waals surface area (Å²) in [4.78, 5) is 5.11. The molecule has 2 heteroatoms. The van der Waals surface area contributed by atoms with E-state index in [1.54, 1.807) is 0 Å². The number of likely N-dealkylation sites (N-methyl/N-ethyl adjacent to an activating group) is 1. The molecule has 1 aliphatic rings. The molecule has 18 heavy (non-hydrogen) atoms. The molecule has 0 bridgehead atoms. The largest absolute Gasteiger partial charge is 0.302 e. The summed E-state index contributed by atoms with van der Waals surface area (Å²) in [6, 6.07) is 18.0. The molecule has 3 rings (SSSR count). The summed E-state index contributed by atoms with van der Waals surface area (Å²) in [6.45, 7) is 0. The van der Waals surface area contributed by atoms with Gasteiger partial charge in [-0.25, -0.2) is 0 Å². The second-order valence-electron chi connectivity index (χ2n) is 4.93. The van der Waals surface area contributed by atoms with Gasteiger partial charge in [0, 0.05) is 15.8 Å². The van der Waals surface area contributed by atoms with Crippen molar-refractivity contribution in [1.29, 1.82) is 0 Å². The van der Waals surface area contributed by atoms with Crippen molar-refractivity contribution in [1.82, 2.24) is 4.90 Å². The van der Waals surface area contributed by atoms with Crippen LogP contribution < -0.4 is 0 Å². The van der Waals surface area contributed by atoms with Crippen molar-refractivity contribution < 1.29 is 0 Å². The van der Waals surface area contributed by atoms with E-state index < -0.39 is 0 Å². The van der Waals surface area contributed by atoms with Crippen LogP contribution in [0.1, 0.15) is 17.2 Å². The summed E-state index contributed by atoms with van der Waals surface area (Å²) < 4.78 is 0. The van der Waals surface area contributed by atoms with E-state index >= 15 is 0 Å². The van der Waals surface area contributed by atoms with Crippen LogP contribution in [-0.2, 0) is 6.42 Å². The Bertz CT molecular complexity index is 563. The summed E-state index contributed by atoms with van der Waals surface area (Å²) >= 11 is 1.90. The topological polar surface area (TPSA) is 3.24 Å². The number of hydrogen-bond acceptors (Lipinski definition) is 2. The highest BCUT2D eigenvalue weighted by molar-refractivity contribution is 7.99. The van der Waals surface area contributed by atoms with Gasteiger partial charge in [-0.3, -0.25) is 0 Å². The van der Waals surface area contributed by atoms with Crippen molar-refractivity contribution in [3.8, 4) is 0 Å². The second kappa shape index (κ2) is 4.79. The Morgan fingerprint density at radius 1 is 0.944 bits per heavy atom. The zero-order valence-corrected chi connectivity index (χ0v) is 11.6. The highest BCUT2D eigenvalue weighted by Crippen LogP contribution is 2.41. The minimum absolute atomic E-state index is 0.470. The van der Waals surface area contributed by atoms with Gasteiger partial charge in [0.25, 0.3) is 0 Å². The van der Waals surface area contributed by atoms with Crippen LogP contribution in [0.2, 0.25) is 0 Å². The summed E-state index contributed by atoms with van der Waals surface area (Å²) in [7, 11) is 4.33. The van der Waals surface area contributed by atoms with Gasteiger partial charge in [0.2, 0.25) is 0 Å². The van der Waals surface area contributed by atoms with Crippen LogP contribution in [0.15, 0.2) is 58.3 Å². The fourth-order valence-electron chi connectivity index (χ4n) is 2.52. The molecular weight excluding hydrogens is 238 g/mol. The van der Waals surface area contributed by atoms with Gasteiger partial charge in [-0.05, 0) is 43.8 Å². The lowest BCUT2D eigenvalue weighted by molar-refractivity contribution is 0.294. The van der Waals surface area contributed by atoms with Crippen molar-refractivity contribution in [2.75, 3.05) is 14.1 Å². The van der Waals surface area contributed by atoms with Crippen LogP contribution in [0.4, 0.5) is 0 Å². The molecule has 0 spiro atoms. The highest BCUT2D eigenvalue weighted by atomic mass is 32.2. The van der Waals surface area contributed by atoms with E-state index in [9.17, 15) is 0 Å². The second-order valence-corrected chi connectivity index (χ2v) is 6.01. The van der Waals surface area contributed by atoms with Crippen LogP contribution in [0.25, 0.3) is 0 Å². The molecule has 0 aliphatic carbocycles. The van der Waals surface area contributed by atoms with E-state index in [1.807, 2.05) is 11.8 Å². The van der Waals surface area contributed by atoms with Crippen molar-refractivity contribution >= 4 is 11.8 Å². The van der Waals surface area contributed by atoms with Crippen LogP contribution in [0.5, 0.6) is 0 Å². The zero-order valence-electron chi connectivity index (χ0n) is 10.8. The van der Waals surface area contributed by atoms with Gasteiger partial charge in [0.15, 0.2) is 0 Å². The van der Waals surface area contributed by atoms with Gasteiger partial charge in [-0.15, -0.1) is 0 Å². The molecule has 0 fully saturated rings. The van der Waals surface area contributed by atoms with E-state index in [1.165, 1.54) is 20.9 Å². The normalized spacial score (nSPS) is 18.1. The number of nitrogens with zero attached hydrogens (tertiary/aromatic N) is 1. The average Bonchev–Trinajstić information content (AvgIpc) is 2.55. The molecule has 0 N–H and O–H groups in total. The third-order valence-electron chi connectivity index (χ3n) is 3.51. The molecular formula is C16H17NS. The maximum absolute atomic E-state index is 2.32. The lowest BCUT2D eigenvalue weighted by Gasteiger charge is -2.24. The molecule has 0 radical (unpaired) electrons. The average molecular weight is 255 g/mol. The molecule has 1 nitrogen and oxygen atoms in total. The Labute approximate surface area is 113 Å². The van der Waals surface area contributed by atoms with Crippen LogP contribution >= 0.6 is 11.8 Å². The van der Waals surface area contributed by atoms with E-state index in [-0.39, 0.29) is 0 Å². The van der Waals surface area contributed by atoms with E-state index in [0.717, 1.165) is 6.42 Å². The monoisotopic (exact) mass is 255 g/mol. The standard InChI is InChI=1S/C16H17NS/c1-17(2)14-11-12-7-3-5-9-15(12)18-16-10-6-4-8-13(14)16/h3-10,14H,11H2,1-2H3/t14-/m0/s1. The van der Waals surface area contributed by atoms with Gasteiger partial charge in [0.1, 0.15) is 0 Å². The summed E-state index contributed by atoms with van der Waals surface area (Å²) in [5.74, 6) is 0. The number of benzene rings is 2. The van der Waals surface area contributed by atoms with Gasteiger partial charge in [-0.1, -0.05) is 48.2 Å². The molecule has 0 saturated heterocycles. The van der Waals surface area contributed by atoms with E-state index in [0.29, 0.717) is 6.04 Å². The molecule has 92 valence electrons. The molecule has 0 aromatic heterocycles. The fraction of sp³-hybridized carbons (Fsp3) is 0.250. The molecule has 2 aromatic carbocycles. The first kappa shape index (κ1) is 11.8. The van der Waals surface area contributed by atoms with Crippen LogP contribution in [0, 0.1) is 0 Å². The van der Waals surface area contributed by atoms with Crippen molar-refractivity contribution in [3.63, 3.8) is 0 Å². The predicted molar refractivity (Wildman–Crippen MR) is 77.1 cm³/mol. The zero-order chi connectivity index (χ0) is 12.5. The minimum Gasteiger partial charge on any atom is -0.302 e. The lowest BCUT2D eigenvalue weighted by Crippen LogP contribution is -2.22. The lowest BCUT2D eigenvalue weighted by atomic mass is 9.98. The van der Waals surface area contributed by atoms with E-state index in [4.69, 9.17) is 0 Å². The van der Waals surface area contributed by atoms with Gasteiger partial charge in [-0.2, -0.15) is 0 Å². The SMILES string of the molecule is CN(C)[C@H]1Cc2ccccc2Sc2ccccc21. The highest BCUT2D eigenvalue weighted by Gasteiger charge is 2.23. The third kappa shape index (κ3) is 2.06. The molecule has 2 aromatic rings. The summed E-state index contributed by atoms with van der Waals surface area (Å²) in [5, 5.41) is 0. The Balaban J connectivity index is 2.14. The maximum atomic E-state index is 2.32. The molecule has 0 unspecified atom stereocenters. The Morgan fingerprint density at radius 2 is 1.61 bits per heavy atom. The smallest absolute Gasteiger partial charge is 0.0393 e. The maximum Gasteiger partial charge on any atom is 0.0393 e.